The number of thiazole rings is 1. The molecule has 0 radical (unpaired) electrons. The second kappa shape index (κ2) is 8.27. The molecule has 3 heterocycles. The molecule has 0 unspecified atom stereocenters. The number of rotatable bonds is 5. The number of hydrogen-bond acceptors (Lipinski definition) is 7. The van der Waals surface area contributed by atoms with Crippen LogP contribution >= 0.6 is 22.9 Å². The maximum atomic E-state index is 12.9. The summed E-state index contributed by atoms with van der Waals surface area (Å²) < 4.78 is 7.06. The molecule has 0 saturated carbocycles. The van der Waals surface area contributed by atoms with Crippen LogP contribution in [0.5, 0.6) is 0 Å². The monoisotopic (exact) mass is 478 g/mol. The molecule has 0 spiro atoms. The van der Waals surface area contributed by atoms with E-state index in [9.17, 15) is 14.4 Å². The zero-order valence-electron chi connectivity index (χ0n) is 17.2. The van der Waals surface area contributed by atoms with Gasteiger partial charge in [-0.25, -0.2) is 14.7 Å². The number of fused-ring (bicyclic) bond motifs is 1. The predicted octanol–water partition coefficient (Wildman–Crippen LogP) is 4.35. The molecule has 33 heavy (non-hydrogen) atoms. The smallest absolute Gasteiger partial charge is 0.338 e. The Labute approximate surface area is 197 Å². The van der Waals surface area contributed by atoms with E-state index in [-0.39, 0.29) is 28.3 Å². The molecule has 0 fully saturated rings. The summed E-state index contributed by atoms with van der Waals surface area (Å²) in [5, 5.41) is 6.98. The molecule has 5 rings (SSSR count). The number of imide groups is 1. The largest absolute Gasteiger partial charge is 0.456 e. The van der Waals surface area contributed by atoms with Crippen molar-refractivity contribution in [3.05, 3.63) is 87.6 Å². The third kappa shape index (κ3) is 3.81. The minimum Gasteiger partial charge on any atom is -0.456 e. The summed E-state index contributed by atoms with van der Waals surface area (Å²) in [6.07, 6.45) is 3.56. The van der Waals surface area contributed by atoms with Crippen LogP contribution in [0, 0.1) is 0 Å². The number of aryl methyl sites for hydroxylation is 1. The number of ether oxygens (including phenoxy) is 1. The van der Waals surface area contributed by atoms with Gasteiger partial charge in [-0.3, -0.25) is 14.3 Å². The van der Waals surface area contributed by atoms with Crippen LogP contribution in [0.15, 0.2) is 60.2 Å². The Bertz CT molecular complexity index is 1430. The van der Waals surface area contributed by atoms with Crippen LogP contribution in [0.3, 0.4) is 0 Å². The molecule has 10 heteroatoms. The third-order valence-corrected chi connectivity index (χ3v) is 6.33. The highest BCUT2D eigenvalue weighted by Gasteiger charge is 2.38. The number of carbonyl (C=O) groups excluding carboxylic acids is 3. The minimum absolute atomic E-state index is 0.0225. The summed E-state index contributed by atoms with van der Waals surface area (Å²) in [6.45, 7) is -0.0225. The number of carbonyl (C=O) groups is 3. The van der Waals surface area contributed by atoms with Crippen LogP contribution in [-0.4, -0.2) is 32.5 Å². The zero-order chi connectivity index (χ0) is 23.1. The number of amides is 2. The van der Waals surface area contributed by atoms with Gasteiger partial charge >= 0.3 is 5.97 Å². The van der Waals surface area contributed by atoms with Gasteiger partial charge < -0.3 is 4.74 Å². The first-order chi connectivity index (χ1) is 15.9. The lowest BCUT2D eigenvalue weighted by Gasteiger charge is -2.15. The van der Waals surface area contributed by atoms with E-state index in [4.69, 9.17) is 16.3 Å². The van der Waals surface area contributed by atoms with Crippen molar-refractivity contribution in [2.75, 3.05) is 4.90 Å². The lowest BCUT2D eigenvalue weighted by molar-refractivity contribution is 0.0468. The number of anilines is 1. The molecule has 2 aromatic carbocycles. The molecule has 0 saturated heterocycles. The second-order valence-electron chi connectivity index (χ2n) is 7.28. The SMILES string of the molecule is Cn1cc(-c2nc(COC(=O)c3ccc4c(c3)C(=O)N(c3ccccc3Cl)C4=O)cs2)cn1. The number of esters is 1. The predicted molar refractivity (Wildman–Crippen MR) is 122 cm³/mol. The van der Waals surface area contributed by atoms with Gasteiger partial charge in [0.25, 0.3) is 11.8 Å². The van der Waals surface area contributed by atoms with Crippen molar-refractivity contribution in [3.63, 3.8) is 0 Å². The first-order valence-electron chi connectivity index (χ1n) is 9.80. The molecule has 0 atom stereocenters. The van der Waals surface area contributed by atoms with Crippen LogP contribution in [-0.2, 0) is 18.4 Å². The van der Waals surface area contributed by atoms with E-state index in [0.717, 1.165) is 15.5 Å². The Morgan fingerprint density at radius 2 is 1.91 bits per heavy atom. The highest BCUT2D eigenvalue weighted by atomic mass is 35.5. The summed E-state index contributed by atoms with van der Waals surface area (Å²) in [5.41, 5.74) is 2.27. The van der Waals surface area contributed by atoms with E-state index in [2.05, 4.69) is 10.1 Å². The molecule has 0 N–H and O–H groups in total. The summed E-state index contributed by atoms with van der Waals surface area (Å²) in [5.74, 6) is -1.66. The molecular formula is C23H15ClN4O4S. The van der Waals surface area contributed by atoms with E-state index in [0.29, 0.717) is 11.4 Å². The van der Waals surface area contributed by atoms with Crippen LogP contribution < -0.4 is 4.90 Å². The van der Waals surface area contributed by atoms with Gasteiger partial charge in [-0.05, 0) is 30.3 Å². The first-order valence-corrected chi connectivity index (χ1v) is 11.1. The molecule has 0 bridgehead atoms. The summed E-state index contributed by atoms with van der Waals surface area (Å²) in [6, 6.07) is 10.9. The van der Waals surface area contributed by atoms with Crippen molar-refractivity contribution >= 4 is 46.4 Å². The number of nitrogens with zero attached hydrogens (tertiary/aromatic N) is 4. The van der Waals surface area contributed by atoms with Crippen molar-refractivity contribution in [2.24, 2.45) is 7.05 Å². The normalized spacial score (nSPS) is 12.8. The molecule has 1 aliphatic heterocycles. The fraction of sp³-hybridized carbons (Fsp3) is 0.0870. The molecule has 0 aliphatic carbocycles. The van der Waals surface area contributed by atoms with E-state index in [1.807, 2.05) is 18.6 Å². The van der Waals surface area contributed by atoms with E-state index in [1.165, 1.54) is 29.5 Å². The van der Waals surface area contributed by atoms with E-state index < -0.39 is 17.8 Å². The maximum Gasteiger partial charge on any atom is 0.338 e. The molecule has 2 aromatic heterocycles. The number of aromatic nitrogens is 3. The average molecular weight is 479 g/mol. The van der Waals surface area contributed by atoms with Gasteiger partial charge in [0.05, 0.1) is 39.3 Å². The third-order valence-electron chi connectivity index (χ3n) is 5.07. The number of hydrogen-bond donors (Lipinski definition) is 0. The Hall–Kier alpha value is -3.82. The van der Waals surface area contributed by atoms with Crippen molar-refractivity contribution in [1.82, 2.24) is 14.8 Å². The molecule has 1 aliphatic rings. The van der Waals surface area contributed by atoms with Crippen LogP contribution in [0.2, 0.25) is 5.02 Å². The Morgan fingerprint density at radius 3 is 2.67 bits per heavy atom. The fourth-order valence-corrected chi connectivity index (χ4v) is 4.48. The van der Waals surface area contributed by atoms with E-state index >= 15 is 0 Å². The fourth-order valence-electron chi connectivity index (χ4n) is 3.48. The van der Waals surface area contributed by atoms with Crippen molar-refractivity contribution in [3.8, 4) is 10.6 Å². The Kier molecular flexibility index (Phi) is 5.27. The highest BCUT2D eigenvalue weighted by molar-refractivity contribution is 7.13. The topological polar surface area (TPSA) is 94.4 Å². The molecule has 4 aromatic rings. The lowest BCUT2D eigenvalue weighted by Crippen LogP contribution is -2.29. The van der Waals surface area contributed by atoms with Crippen LogP contribution in [0.25, 0.3) is 10.6 Å². The summed E-state index contributed by atoms with van der Waals surface area (Å²) >= 11 is 7.60. The van der Waals surface area contributed by atoms with Crippen molar-refractivity contribution in [1.29, 1.82) is 0 Å². The second-order valence-corrected chi connectivity index (χ2v) is 8.55. The number of halogens is 1. The maximum absolute atomic E-state index is 12.9. The number of para-hydroxylation sites is 1. The standard InChI is InChI=1S/C23H15ClN4O4S/c1-27-10-14(9-25-27)20-26-15(12-33-20)11-32-23(31)13-6-7-16-17(8-13)22(30)28(21(16)29)19-5-3-2-4-18(19)24/h2-10,12H,11H2,1H3. The minimum atomic E-state index is -0.620. The summed E-state index contributed by atoms with van der Waals surface area (Å²) in [7, 11) is 1.82. The molecule has 164 valence electrons. The van der Waals surface area contributed by atoms with Gasteiger partial charge in [-0.1, -0.05) is 23.7 Å². The van der Waals surface area contributed by atoms with Gasteiger partial charge in [-0.15, -0.1) is 11.3 Å². The van der Waals surface area contributed by atoms with Crippen LogP contribution in [0.4, 0.5) is 5.69 Å². The van der Waals surface area contributed by atoms with Gasteiger partial charge in [0.15, 0.2) is 0 Å². The zero-order valence-corrected chi connectivity index (χ0v) is 18.8. The van der Waals surface area contributed by atoms with Gasteiger partial charge in [-0.2, -0.15) is 5.10 Å². The van der Waals surface area contributed by atoms with Gasteiger partial charge in [0.2, 0.25) is 0 Å². The highest BCUT2D eigenvalue weighted by Crippen LogP contribution is 2.33. The Balaban J connectivity index is 1.32. The van der Waals surface area contributed by atoms with Crippen LogP contribution in [0.1, 0.15) is 36.8 Å². The van der Waals surface area contributed by atoms with Crippen molar-refractivity contribution < 1.29 is 19.1 Å². The van der Waals surface area contributed by atoms with E-state index in [1.54, 1.807) is 35.1 Å². The molecular weight excluding hydrogens is 464 g/mol. The van der Waals surface area contributed by atoms with Gasteiger partial charge in [0, 0.05) is 24.2 Å². The summed E-state index contributed by atoms with van der Waals surface area (Å²) in [4.78, 5) is 43.8. The average Bonchev–Trinajstić information content (AvgIpc) is 3.52. The molecule has 2 amide bonds. The van der Waals surface area contributed by atoms with Gasteiger partial charge in [0.1, 0.15) is 11.6 Å². The molecule has 8 nitrogen and oxygen atoms in total. The quantitative estimate of drug-likeness (QED) is 0.312. The van der Waals surface area contributed by atoms with Crippen molar-refractivity contribution in [2.45, 2.75) is 6.61 Å². The Morgan fingerprint density at radius 1 is 1.12 bits per heavy atom. The first kappa shape index (κ1) is 21.0. The lowest BCUT2D eigenvalue weighted by atomic mass is 10.1. The number of benzene rings is 2.